The third kappa shape index (κ3) is 2.71. The number of hydrogen-bond acceptors (Lipinski definition) is 4. The van der Waals surface area contributed by atoms with Crippen LogP contribution in [0.15, 0.2) is 17.0 Å². The van der Waals surface area contributed by atoms with E-state index in [0.717, 1.165) is 12.3 Å². The lowest BCUT2D eigenvalue weighted by molar-refractivity contribution is 0.159. The molecule has 0 amide bonds. The van der Waals surface area contributed by atoms with Crippen molar-refractivity contribution in [3.63, 3.8) is 0 Å². The third-order valence-electron chi connectivity index (χ3n) is 1.77. The maximum Gasteiger partial charge on any atom is 0.175 e. The minimum Gasteiger partial charge on any atom is -0.316 e. The minimum atomic E-state index is -3.60. The van der Waals surface area contributed by atoms with Crippen LogP contribution < -0.4 is 5.48 Å². The molecule has 0 unspecified atom stereocenters. The summed E-state index contributed by atoms with van der Waals surface area (Å²) in [6, 6.07) is 1.57. The topological polar surface area (TPSA) is 66.4 Å². The van der Waals surface area contributed by atoms with Gasteiger partial charge in [0.15, 0.2) is 21.5 Å². The van der Waals surface area contributed by atoms with Crippen LogP contribution in [0.4, 0.5) is 8.78 Å². The van der Waals surface area contributed by atoms with Crippen molar-refractivity contribution in [1.82, 2.24) is 5.48 Å². The highest BCUT2D eigenvalue weighted by atomic mass is 32.2. The fourth-order valence-corrected chi connectivity index (χ4v) is 1.72. The van der Waals surface area contributed by atoms with Crippen LogP contribution in [0, 0.1) is 11.6 Å². The number of nitrogens with one attached hydrogen (secondary N) is 1. The Morgan fingerprint density at radius 1 is 1.40 bits per heavy atom. The first-order valence-corrected chi connectivity index (χ1v) is 5.80. The van der Waals surface area contributed by atoms with Gasteiger partial charge < -0.3 is 5.21 Å². The molecule has 0 aliphatic heterocycles. The molecule has 0 saturated carbocycles. The Kier molecular flexibility index (Phi) is 3.38. The second-order valence-corrected chi connectivity index (χ2v) is 5.00. The van der Waals surface area contributed by atoms with Gasteiger partial charge in [0.1, 0.15) is 0 Å². The van der Waals surface area contributed by atoms with Gasteiger partial charge >= 0.3 is 0 Å². The second kappa shape index (κ2) is 4.21. The molecule has 0 aliphatic rings. The first-order chi connectivity index (χ1) is 6.86. The van der Waals surface area contributed by atoms with Crippen molar-refractivity contribution in [2.75, 3.05) is 6.26 Å². The molecule has 1 aromatic rings. The van der Waals surface area contributed by atoms with Gasteiger partial charge in [-0.1, -0.05) is 0 Å². The normalized spacial score (nSPS) is 11.7. The molecule has 1 rings (SSSR count). The van der Waals surface area contributed by atoms with Crippen molar-refractivity contribution in [3.05, 3.63) is 29.3 Å². The maximum atomic E-state index is 13.0. The first-order valence-electron chi connectivity index (χ1n) is 3.91. The highest BCUT2D eigenvalue weighted by Gasteiger charge is 2.15. The number of halogens is 2. The van der Waals surface area contributed by atoms with Crippen LogP contribution >= 0.6 is 0 Å². The predicted octanol–water partition coefficient (Wildman–Crippen LogP) is 0.847. The van der Waals surface area contributed by atoms with Gasteiger partial charge in [-0.25, -0.2) is 22.7 Å². The van der Waals surface area contributed by atoms with Gasteiger partial charge in [0.25, 0.3) is 0 Å². The van der Waals surface area contributed by atoms with E-state index in [1.807, 2.05) is 0 Å². The Hall–Kier alpha value is -1.05. The summed E-state index contributed by atoms with van der Waals surface area (Å²) in [4.78, 5) is -0.327. The van der Waals surface area contributed by atoms with Gasteiger partial charge in [-0.3, -0.25) is 0 Å². The first kappa shape index (κ1) is 12.0. The van der Waals surface area contributed by atoms with Crippen LogP contribution in [-0.2, 0) is 16.4 Å². The van der Waals surface area contributed by atoms with Crippen molar-refractivity contribution >= 4 is 9.84 Å². The van der Waals surface area contributed by atoms with Gasteiger partial charge in [-0.05, 0) is 12.1 Å². The largest absolute Gasteiger partial charge is 0.316 e. The molecule has 0 aromatic heterocycles. The zero-order valence-corrected chi connectivity index (χ0v) is 8.61. The average Bonchev–Trinajstić information content (AvgIpc) is 2.11. The van der Waals surface area contributed by atoms with Crippen molar-refractivity contribution < 1.29 is 22.4 Å². The lowest BCUT2D eigenvalue weighted by Crippen LogP contribution is -2.10. The summed E-state index contributed by atoms with van der Waals surface area (Å²) in [5.41, 5.74) is 1.38. The van der Waals surface area contributed by atoms with Crippen LogP contribution in [0.3, 0.4) is 0 Å². The van der Waals surface area contributed by atoms with E-state index >= 15 is 0 Å². The van der Waals surface area contributed by atoms with E-state index in [1.54, 1.807) is 5.48 Å². The van der Waals surface area contributed by atoms with E-state index in [4.69, 9.17) is 5.21 Å². The number of hydrogen-bond donors (Lipinski definition) is 2. The number of hydroxylamine groups is 1. The highest BCUT2D eigenvalue weighted by Crippen LogP contribution is 2.18. The third-order valence-corrected chi connectivity index (χ3v) is 2.87. The summed E-state index contributed by atoms with van der Waals surface area (Å²) in [5, 5.41) is 8.34. The highest BCUT2D eigenvalue weighted by molar-refractivity contribution is 7.90. The SMILES string of the molecule is CS(=O)(=O)c1cc(F)c(F)c(CNO)c1. The van der Waals surface area contributed by atoms with Gasteiger partial charge in [0.2, 0.25) is 0 Å². The molecule has 0 heterocycles. The summed E-state index contributed by atoms with van der Waals surface area (Å²) < 4.78 is 48.1. The fraction of sp³-hybridized carbons (Fsp3) is 0.250. The van der Waals surface area contributed by atoms with E-state index in [0.29, 0.717) is 6.07 Å². The zero-order chi connectivity index (χ0) is 11.6. The van der Waals surface area contributed by atoms with E-state index in [9.17, 15) is 17.2 Å². The van der Waals surface area contributed by atoms with E-state index in [-0.39, 0.29) is 17.0 Å². The van der Waals surface area contributed by atoms with E-state index < -0.39 is 21.5 Å². The molecule has 0 aliphatic carbocycles. The number of sulfone groups is 1. The standard InChI is InChI=1S/C8H9F2NO3S/c1-15(13,14)6-2-5(4-11-12)8(10)7(9)3-6/h2-3,11-12H,4H2,1H3. The molecule has 15 heavy (non-hydrogen) atoms. The van der Waals surface area contributed by atoms with Crippen LogP contribution in [0.2, 0.25) is 0 Å². The number of benzene rings is 1. The number of rotatable bonds is 3. The lowest BCUT2D eigenvalue weighted by atomic mass is 10.2. The van der Waals surface area contributed by atoms with Crippen molar-refractivity contribution in [2.45, 2.75) is 11.4 Å². The molecule has 0 bridgehead atoms. The second-order valence-electron chi connectivity index (χ2n) is 2.99. The van der Waals surface area contributed by atoms with Crippen LogP contribution in [0.25, 0.3) is 0 Å². The van der Waals surface area contributed by atoms with Gasteiger partial charge in [0, 0.05) is 18.4 Å². The fourth-order valence-electron chi connectivity index (χ4n) is 1.05. The molecule has 84 valence electrons. The summed E-state index contributed by atoms with van der Waals surface area (Å²) in [6.45, 7) is -0.369. The minimum absolute atomic E-state index is 0.252. The Bertz CT molecular complexity index is 473. The summed E-state index contributed by atoms with van der Waals surface area (Å²) in [6.07, 6.45) is 0.885. The monoisotopic (exact) mass is 237 g/mol. The van der Waals surface area contributed by atoms with Crippen molar-refractivity contribution in [1.29, 1.82) is 0 Å². The quantitative estimate of drug-likeness (QED) is 0.604. The molecular formula is C8H9F2NO3S. The van der Waals surface area contributed by atoms with Crippen LogP contribution in [-0.4, -0.2) is 19.9 Å². The molecule has 0 spiro atoms. The molecular weight excluding hydrogens is 228 g/mol. The van der Waals surface area contributed by atoms with Gasteiger partial charge in [-0.15, -0.1) is 0 Å². The Balaban J connectivity index is 3.36. The van der Waals surface area contributed by atoms with Crippen LogP contribution in [0.1, 0.15) is 5.56 Å². The summed E-state index contributed by atoms with van der Waals surface area (Å²) >= 11 is 0. The van der Waals surface area contributed by atoms with E-state index in [2.05, 4.69) is 0 Å². The smallest absolute Gasteiger partial charge is 0.175 e. The molecule has 0 saturated heterocycles. The maximum absolute atomic E-state index is 13.0. The molecule has 1 aromatic carbocycles. The average molecular weight is 237 g/mol. The Morgan fingerprint density at radius 2 is 2.00 bits per heavy atom. The molecule has 0 radical (unpaired) electrons. The lowest BCUT2D eigenvalue weighted by Gasteiger charge is -2.05. The molecule has 7 heteroatoms. The van der Waals surface area contributed by atoms with Gasteiger partial charge in [0.05, 0.1) is 4.90 Å². The zero-order valence-electron chi connectivity index (χ0n) is 7.79. The Labute approximate surface area is 85.4 Å². The molecule has 0 atom stereocenters. The van der Waals surface area contributed by atoms with Crippen molar-refractivity contribution in [3.8, 4) is 0 Å². The van der Waals surface area contributed by atoms with E-state index in [1.165, 1.54) is 0 Å². The van der Waals surface area contributed by atoms with Crippen LogP contribution in [0.5, 0.6) is 0 Å². The molecule has 0 fully saturated rings. The Morgan fingerprint density at radius 3 is 2.47 bits per heavy atom. The molecule has 4 nitrogen and oxygen atoms in total. The molecule has 2 N–H and O–H groups in total. The predicted molar refractivity (Wildman–Crippen MR) is 48.1 cm³/mol. The summed E-state index contributed by atoms with van der Waals surface area (Å²) in [5.74, 6) is -2.44. The van der Waals surface area contributed by atoms with Crippen molar-refractivity contribution in [2.24, 2.45) is 0 Å². The summed E-state index contributed by atoms with van der Waals surface area (Å²) in [7, 11) is -3.60. The van der Waals surface area contributed by atoms with Gasteiger partial charge in [-0.2, -0.15) is 0 Å².